The second kappa shape index (κ2) is 3.91. The molecule has 0 amide bonds. The number of anilines is 2. The molecule has 3 N–H and O–H groups in total. The first-order valence-corrected chi connectivity index (χ1v) is 6.19. The molecular formula is C14H17N3. The summed E-state index contributed by atoms with van der Waals surface area (Å²) in [5, 5.41) is 4.58. The van der Waals surface area contributed by atoms with Crippen molar-refractivity contribution in [3.8, 4) is 0 Å². The number of hydrogen-bond donors (Lipinski definition) is 2. The van der Waals surface area contributed by atoms with Crippen LogP contribution in [0.25, 0.3) is 10.9 Å². The first-order valence-electron chi connectivity index (χ1n) is 6.19. The third-order valence-corrected chi connectivity index (χ3v) is 3.49. The van der Waals surface area contributed by atoms with Gasteiger partial charge >= 0.3 is 0 Å². The molecule has 1 saturated carbocycles. The Labute approximate surface area is 101 Å². The highest BCUT2D eigenvalue weighted by Crippen LogP contribution is 2.35. The lowest BCUT2D eigenvalue weighted by molar-refractivity contribution is 0.773. The van der Waals surface area contributed by atoms with Gasteiger partial charge in [-0.15, -0.1) is 0 Å². The predicted molar refractivity (Wildman–Crippen MR) is 72.0 cm³/mol. The summed E-state index contributed by atoms with van der Waals surface area (Å²) in [6.07, 6.45) is 2.53. The molecule has 1 aromatic heterocycles. The topological polar surface area (TPSA) is 50.9 Å². The summed E-state index contributed by atoms with van der Waals surface area (Å²) in [5.74, 6) is 1.81. The molecule has 2 unspecified atom stereocenters. The number of nitrogens with two attached hydrogens (primary N) is 1. The smallest absolute Gasteiger partial charge is 0.126 e. The van der Waals surface area contributed by atoms with Crippen molar-refractivity contribution in [1.29, 1.82) is 0 Å². The number of rotatable bonds is 3. The summed E-state index contributed by atoms with van der Waals surface area (Å²) >= 11 is 0. The minimum absolute atomic E-state index is 0.624. The van der Waals surface area contributed by atoms with Crippen molar-refractivity contribution in [2.24, 2.45) is 5.92 Å². The number of hydrogen-bond acceptors (Lipinski definition) is 3. The summed E-state index contributed by atoms with van der Waals surface area (Å²) < 4.78 is 0. The Hall–Kier alpha value is -1.77. The fourth-order valence-corrected chi connectivity index (χ4v) is 2.29. The third kappa shape index (κ3) is 2.05. The number of pyridine rings is 1. The van der Waals surface area contributed by atoms with Crippen LogP contribution in [-0.2, 0) is 0 Å². The van der Waals surface area contributed by atoms with Gasteiger partial charge in [0.25, 0.3) is 0 Å². The van der Waals surface area contributed by atoms with Gasteiger partial charge in [-0.2, -0.15) is 0 Å². The van der Waals surface area contributed by atoms with Crippen molar-refractivity contribution in [1.82, 2.24) is 4.98 Å². The molecule has 1 fully saturated rings. The van der Waals surface area contributed by atoms with E-state index in [0.717, 1.165) is 28.3 Å². The van der Waals surface area contributed by atoms with Gasteiger partial charge in [-0.1, -0.05) is 13.3 Å². The van der Waals surface area contributed by atoms with Crippen LogP contribution >= 0.6 is 0 Å². The predicted octanol–water partition coefficient (Wildman–Crippen LogP) is 3.03. The van der Waals surface area contributed by atoms with Crippen molar-refractivity contribution in [3.63, 3.8) is 0 Å². The second-order valence-corrected chi connectivity index (χ2v) is 4.80. The number of nitrogen functional groups attached to an aromatic ring is 1. The molecule has 3 nitrogen and oxygen atoms in total. The van der Waals surface area contributed by atoms with Crippen LogP contribution in [0, 0.1) is 5.92 Å². The molecule has 0 saturated heterocycles. The largest absolute Gasteiger partial charge is 0.399 e. The highest BCUT2D eigenvalue weighted by atomic mass is 15.0. The van der Waals surface area contributed by atoms with Crippen LogP contribution in [0.15, 0.2) is 30.3 Å². The van der Waals surface area contributed by atoms with Crippen molar-refractivity contribution < 1.29 is 0 Å². The van der Waals surface area contributed by atoms with Gasteiger partial charge in [0.2, 0.25) is 0 Å². The Bertz CT molecular complexity index is 550. The van der Waals surface area contributed by atoms with E-state index in [2.05, 4.69) is 23.3 Å². The minimum atomic E-state index is 0.624. The van der Waals surface area contributed by atoms with Crippen molar-refractivity contribution in [2.75, 3.05) is 11.1 Å². The Morgan fingerprint density at radius 1 is 1.35 bits per heavy atom. The summed E-state index contributed by atoms with van der Waals surface area (Å²) in [4.78, 5) is 4.60. The Morgan fingerprint density at radius 3 is 3.00 bits per heavy atom. The monoisotopic (exact) mass is 227 g/mol. The number of nitrogens with zero attached hydrogens (tertiary/aromatic N) is 1. The molecule has 1 aromatic carbocycles. The van der Waals surface area contributed by atoms with Crippen molar-refractivity contribution in [3.05, 3.63) is 30.3 Å². The quantitative estimate of drug-likeness (QED) is 0.792. The fourth-order valence-electron chi connectivity index (χ4n) is 2.29. The second-order valence-electron chi connectivity index (χ2n) is 4.80. The highest BCUT2D eigenvalue weighted by Gasteiger charge is 2.35. The minimum Gasteiger partial charge on any atom is -0.399 e. The highest BCUT2D eigenvalue weighted by molar-refractivity contribution is 5.83. The van der Waals surface area contributed by atoms with Gasteiger partial charge in [0.05, 0.1) is 5.52 Å². The SMILES string of the molecule is CCC1CC1Nc1ccc2cc(N)ccc2n1. The van der Waals surface area contributed by atoms with Crippen LogP contribution in [0.3, 0.4) is 0 Å². The molecule has 88 valence electrons. The zero-order chi connectivity index (χ0) is 11.8. The van der Waals surface area contributed by atoms with E-state index in [1.54, 1.807) is 0 Å². The van der Waals surface area contributed by atoms with Crippen molar-refractivity contribution >= 4 is 22.4 Å². The van der Waals surface area contributed by atoms with Gasteiger partial charge in [0.15, 0.2) is 0 Å². The molecule has 1 aliphatic carbocycles. The molecular weight excluding hydrogens is 210 g/mol. The summed E-state index contributed by atoms with van der Waals surface area (Å²) in [5.41, 5.74) is 7.53. The van der Waals surface area contributed by atoms with Gasteiger partial charge in [-0.3, -0.25) is 0 Å². The maximum Gasteiger partial charge on any atom is 0.126 e. The van der Waals surface area contributed by atoms with Gasteiger partial charge in [-0.05, 0) is 42.7 Å². The average molecular weight is 227 g/mol. The normalized spacial score (nSPS) is 22.6. The zero-order valence-electron chi connectivity index (χ0n) is 9.98. The maximum absolute atomic E-state index is 5.75. The van der Waals surface area contributed by atoms with E-state index in [-0.39, 0.29) is 0 Å². The van der Waals surface area contributed by atoms with Crippen molar-refractivity contribution in [2.45, 2.75) is 25.8 Å². The lowest BCUT2D eigenvalue weighted by atomic mass is 10.2. The van der Waals surface area contributed by atoms with Crippen LogP contribution < -0.4 is 11.1 Å². The number of aromatic nitrogens is 1. The first kappa shape index (κ1) is 10.4. The molecule has 0 radical (unpaired) electrons. The molecule has 1 heterocycles. The number of benzene rings is 1. The lowest BCUT2D eigenvalue weighted by Gasteiger charge is -2.06. The molecule has 2 aromatic rings. The van der Waals surface area contributed by atoms with Gasteiger partial charge in [-0.25, -0.2) is 4.98 Å². The molecule has 0 aliphatic heterocycles. The summed E-state index contributed by atoms with van der Waals surface area (Å²) in [6.45, 7) is 2.24. The van der Waals surface area contributed by atoms with Crippen LogP contribution in [0.4, 0.5) is 11.5 Å². The van der Waals surface area contributed by atoms with Crippen LogP contribution in [-0.4, -0.2) is 11.0 Å². The standard InChI is InChI=1S/C14H17N3/c1-2-9-8-13(9)17-14-6-3-10-7-11(15)4-5-12(10)16-14/h3-7,9,13H,2,8,15H2,1H3,(H,16,17). The molecule has 2 atom stereocenters. The average Bonchev–Trinajstić information content (AvgIpc) is 3.08. The molecule has 17 heavy (non-hydrogen) atoms. The van der Waals surface area contributed by atoms with E-state index in [1.165, 1.54) is 12.8 Å². The zero-order valence-corrected chi connectivity index (χ0v) is 9.98. The molecule has 3 rings (SSSR count). The molecule has 3 heteroatoms. The molecule has 1 aliphatic rings. The Balaban J connectivity index is 1.84. The van der Waals surface area contributed by atoms with Gasteiger partial charge in [0.1, 0.15) is 5.82 Å². The van der Waals surface area contributed by atoms with E-state index < -0.39 is 0 Å². The van der Waals surface area contributed by atoms with E-state index in [0.29, 0.717) is 6.04 Å². The Morgan fingerprint density at radius 2 is 2.24 bits per heavy atom. The first-order chi connectivity index (χ1) is 8.26. The molecule has 0 spiro atoms. The maximum atomic E-state index is 5.75. The van der Waals surface area contributed by atoms with Crippen LogP contribution in [0.5, 0.6) is 0 Å². The van der Waals surface area contributed by atoms with E-state index in [1.807, 2.05) is 24.3 Å². The van der Waals surface area contributed by atoms with E-state index in [9.17, 15) is 0 Å². The fraction of sp³-hybridized carbons (Fsp3) is 0.357. The van der Waals surface area contributed by atoms with Gasteiger partial charge in [0, 0.05) is 17.1 Å². The lowest BCUT2D eigenvalue weighted by Crippen LogP contribution is -2.05. The van der Waals surface area contributed by atoms with E-state index >= 15 is 0 Å². The summed E-state index contributed by atoms with van der Waals surface area (Å²) in [6, 6.07) is 10.6. The Kier molecular flexibility index (Phi) is 2.39. The third-order valence-electron chi connectivity index (χ3n) is 3.49. The summed E-state index contributed by atoms with van der Waals surface area (Å²) in [7, 11) is 0. The number of nitrogens with one attached hydrogen (secondary N) is 1. The van der Waals surface area contributed by atoms with Crippen LogP contribution in [0.2, 0.25) is 0 Å². The molecule has 0 bridgehead atoms. The van der Waals surface area contributed by atoms with Gasteiger partial charge < -0.3 is 11.1 Å². The van der Waals surface area contributed by atoms with E-state index in [4.69, 9.17) is 5.73 Å². The van der Waals surface area contributed by atoms with Crippen LogP contribution in [0.1, 0.15) is 19.8 Å². The number of fused-ring (bicyclic) bond motifs is 1.